The SMILES string of the molecule is O=C(COc1ccc(Cl)c(F)c1)NC12CCC(NC(=O)c3cc(C(F)(F)F)no3)(CC1)C[C@@H]2O. The van der Waals surface area contributed by atoms with E-state index in [1.54, 1.807) is 0 Å². The summed E-state index contributed by atoms with van der Waals surface area (Å²) in [5, 5.41) is 19.0. The second-order valence-corrected chi connectivity index (χ2v) is 9.00. The van der Waals surface area contributed by atoms with E-state index < -0.39 is 59.1 Å². The number of nitrogens with one attached hydrogen (secondary N) is 2. The van der Waals surface area contributed by atoms with Crippen molar-refractivity contribution in [1.29, 1.82) is 0 Å². The molecule has 5 rings (SSSR count). The Bertz CT molecular complexity index is 1100. The summed E-state index contributed by atoms with van der Waals surface area (Å²) in [5.41, 5.74) is -3.10. The lowest BCUT2D eigenvalue weighted by Gasteiger charge is -2.56. The molecule has 1 atom stereocenters. The molecule has 0 aliphatic heterocycles. The highest BCUT2D eigenvalue weighted by atomic mass is 35.5. The quantitative estimate of drug-likeness (QED) is 0.520. The number of carbonyl (C=O) groups is 2. The topological polar surface area (TPSA) is 114 Å². The molecule has 0 saturated heterocycles. The van der Waals surface area contributed by atoms with Crippen molar-refractivity contribution in [2.45, 2.75) is 55.5 Å². The van der Waals surface area contributed by atoms with Gasteiger partial charge >= 0.3 is 6.18 Å². The maximum atomic E-state index is 13.5. The Kier molecular flexibility index (Phi) is 6.23. The first-order valence-corrected chi connectivity index (χ1v) is 10.7. The number of amides is 2. The van der Waals surface area contributed by atoms with Gasteiger partial charge in [-0.25, -0.2) is 4.39 Å². The molecule has 3 N–H and O–H groups in total. The molecule has 3 saturated carbocycles. The van der Waals surface area contributed by atoms with Crippen LogP contribution in [0.5, 0.6) is 5.75 Å². The maximum Gasteiger partial charge on any atom is 0.436 e. The minimum atomic E-state index is -4.74. The van der Waals surface area contributed by atoms with Crippen LogP contribution in [0.25, 0.3) is 0 Å². The monoisotopic (exact) mass is 505 g/mol. The lowest BCUT2D eigenvalue weighted by atomic mass is 9.60. The van der Waals surface area contributed by atoms with Gasteiger partial charge in [-0.05, 0) is 44.2 Å². The number of alkyl halides is 3. The van der Waals surface area contributed by atoms with Crippen molar-refractivity contribution in [3.8, 4) is 5.75 Å². The van der Waals surface area contributed by atoms with Crippen LogP contribution < -0.4 is 15.4 Å². The lowest BCUT2D eigenvalue weighted by molar-refractivity contribution is -0.142. The Balaban J connectivity index is 1.34. The van der Waals surface area contributed by atoms with Gasteiger partial charge < -0.3 is 25.0 Å². The van der Waals surface area contributed by atoms with Crippen molar-refractivity contribution in [3.63, 3.8) is 0 Å². The first kappa shape index (κ1) is 24.3. The van der Waals surface area contributed by atoms with E-state index in [2.05, 4.69) is 20.3 Å². The molecular formula is C21H20ClF4N3O5. The van der Waals surface area contributed by atoms with Crippen molar-refractivity contribution in [2.24, 2.45) is 0 Å². The highest BCUT2D eigenvalue weighted by Crippen LogP contribution is 2.47. The van der Waals surface area contributed by atoms with Crippen molar-refractivity contribution >= 4 is 23.4 Å². The molecule has 2 bridgehead atoms. The van der Waals surface area contributed by atoms with Crippen LogP contribution in [-0.4, -0.2) is 45.9 Å². The van der Waals surface area contributed by atoms with Gasteiger partial charge in [0, 0.05) is 17.7 Å². The molecule has 184 valence electrons. The van der Waals surface area contributed by atoms with E-state index in [1.807, 2.05) is 0 Å². The average Bonchev–Trinajstić information content (AvgIpc) is 3.27. The molecule has 3 aliphatic carbocycles. The number of aliphatic hydroxyl groups is 1. The molecule has 34 heavy (non-hydrogen) atoms. The number of ether oxygens (including phenoxy) is 1. The van der Waals surface area contributed by atoms with Crippen LogP contribution in [0.4, 0.5) is 17.6 Å². The first-order valence-electron chi connectivity index (χ1n) is 10.3. The number of rotatable bonds is 6. The zero-order chi connectivity index (χ0) is 24.7. The first-order chi connectivity index (χ1) is 15.9. The van der Waals surface area contributed by atoms with Crippen molar-refractivity contribution in [2.75, 3.05) is 6.61 Å². The van der Waals surface area contributed by atoms with Crippen molar-refractivity contribution in [1.82, 2.24) is 15.8 Å². The molecule has 1 aromatic heterocycles. The van der Waals surface area contributed by atoms with E-state index >= 15 is 0 Å². The van der Waals surface area contributed by atoms with Gasteiger partial charge in [0.05, 0.1) is 16.7 Å². The summed E-state index contributed by atoms with van der Waals surface area (Å²) in [6.45, 7) is -0.412. The number of nitrogens with zero attached hydrogens (tertiary/aromatic N) is 1. The van der Waals surface area contributed by atoms with E-state index in [1.165, 1.54) is 12.1 Å². The minimum absolute atomic E-state index is 0.0806. The molecule has 0 unspecified atom stereocenters. The van der Waals surface area contributed by atoms with Gasteiger partial charge in [0.15, 0.2) is 12.3 Å². The number of hydrogen-bond acceptors (Lipinski definition) is 6. The fourth-order valence-corrected chi connectivity index (χ4v) is 4.63. The Morgan fingerprint density at radius 3 is 2.50 bits per heavy atom. The number of aromatic nitrogens is 1. The zero-order valence-corrected chi connectivity index (χ0v) is 18.3. The predicted molar refractivity (Wildman–Crippen MR) is 109 cm³/mol. The van der Waals surface area contributed by atoms with E-state index in [0.717, 1.165) is 6.07 Å². The third kappa shape index (κ3) is 4.83. The summed E-state index contributed by atoms with van der Waals surface area (Å²) < 4.78 is 61.4. The standard InChI is InChI=1S/C21H20ClF4N3O5/c22-12-2-1-11(7-13(12)23)33-10-17(31)27-20-5-3-19(4-6-20,9-16(20)30)28-18(32)14-8-15(29-34-14)21(24,25)26/h1-2,7-8,16,30H,3-6,9-10H2,(H,27,31)(H,28,32)/t16-,19?,20?/m0/s1. The van der Waals surface area contributed by atoms with Crippen molar-refractivity contribution in [3.05, 3.63) is 46.6 Å². The molecular weight excluding hydrogens is 486 g/mol. The molecule has 0 spiro atoms. The number of hydrogen-bond donors (Lipinski definition) is 3. The fourth-order valence-electron chi connectivity index (χ4n) is 4.51. The molecule has 3 aliphatic rings. The van der Waals surface area contributed by atoms with E-state index in [0.29, 0.717) is 31.7 Å². The van der Waals surface area contributed by atoms with Gasteiger partial charge in [-0.2, -0.15) is 13.2 Å². The normalized spacial score (nSPS) is 26.2. The Labute approximate surface area is 195 Å². The molecule has 13 heteroatoms. The van der Waals surface area contributed by atoms with Crippen LogP contribution in [0.3, 0.4) is 0 Å². The average molecular weight is 506 g/mol. The second-order valence-electron chi connectivity index (χ2n) is 8.60. The summed E-state index contributed by atoms with van der Waals surface area (Å²) in [4.78, 5) is 24.9. The van der Waals surface area contributed by atoms with Gasteiger partial charge in [-0.15, -0.1) is 0 Å². The number of aliphatic hydroxyl groups excluding tert-OH is 1. The number of halogens is 5. The summed E-state index contributed by atoms with van der Waals surface area (Å²) in [6, 6.07) is 4.28. The van der Waals surface area contributed by atoms with Gasteiger partial charge in [-0.3, -0.25) is 9.59 Å². The van der Waals surface area contributed by atoms with Gasteiger partial charge in [0.25, 0.3) is 11.8 Å². The molecule has 3 fully saturated rings. The molecule has 1 aromatic carbocycles. The molecule has 2 aromatic rings. The summed E-state index contributed by atoms with van der Waals surface area (Å²) in [7, 11) is 0. The number of carbonyl (C=O) groups excluding carboxylic acids is 2. The van der Waals surface area contributed by atoms with Crippen LogP contribution in [0.1, 0.15) is 48.4 Å². The fraction of sp³-hybridized carbons (Fsp3) is 0.476. The van der Waals surface area contributed by atoms with Gasteiger partial charge in [0.2, 0.25) is 5.76 Å². The predicted octanol–water partition coefficient (Wildman–Crippen LogP) is 3.23. The number of benzene rings is 1. The Morgan fingerprint density at radius 1 is 1.21 bits per heavy atom. The van der Waals surface area contributed by atoms with Crippen LogP contribution in [0, 0.1) is 5.82 Å². The van der Waals surface area contributed by atoms with Crippen LogP contribution in [-0.2, 0) is 11.0 Å². The van der Waals surface area contributed by atoms with Gasteiger partial charge in [-0.1, -0.05) is 16.8 Å². The van der Waals surface area contributed by atoms with Crippen LogP contribution >= 0.6 is 11.6 Å². The Morgan fingerprint density at radius 2 is 1.91 bits per heavy atom. The highest BCUT2D eigenvalue weighted by molar-refractivity contribution is 6.30. The zero-order valence-electron chi connectivity index (χ0n) is 17.5. The third-order valence-electron chi connectivity index (χ3n) is 6.37. The molecule has 8 nitrogen and oxygen atoms in total. The summed E-state index contributed by atoms with van der Waals surface area (Å²) >= 11 is 5.61. The Hall–Kier alpha value is -2.86. The van der Waals surface area contributed by atoms with Crippen LogP contribution in [0.15, 0.2) is 28.8 Å². The molecule has 2 amide bonds. The third-order valence-corrected chi connectivity index (χ3v) is 6.68. The maximum absolute atomic E-state index is 13.5. The molecule has 1 heterocycles. The second kappa shape index (κ2) is 8.73. The summed E-state index contributed by atoms with van der Waals surface area (Å²) in [5.74, 6) is -2.54. The molecule has 0 radical (unpaired) electrons. The largest absolute Gasteiger partial charge is 0.484 e. The smallest absolute Gasteiger partial charge is 0.436 e. The van der Waals surface area contributed by atoms with Crippen molar-refractivity contribution < 1.29 is 41.5 Å². The summed E-state index contributed by atoms with van der Waals surface area (Å²) in [6.07, 6.45) is -4.29. The van der Waals surface area contributed by atoms with E-state index in [9.17, 15) is 32.3 Å². The van der Waals surface area contributed by atoms with Crippen LogP contribution in [0.2, 0.25) is 5.02 Å². The minimum Gasteiger partial charge on any atom is -0.484 e. The van der Waals surface area contributed by atoms with Gasteiger partial charge in [0.1, 0.15) is 11.6 Å². The van der Waals surface area contributed by atoms with E-state index in [4.69, 9.17) is 16.3 Å². The highest BCUT2D eigenvalue weighted by Gasteiger charge is 2.55. The lowest BCUT2D eigenvalue weighted by Crippen LogP contribution is -2.70. The van der Waals surface area contributed by atoms with E-state index in [-0.39, 0.29) is 17.2 Å². The number of fused-ring (bicyclic) bond motifs is 3.